The van der Waals surface area contributed by atoms with Crippen molar-refractivity contribution in [1.82, 2.24) is 15.0 Å². The van der Waals surface area contributed by atoms with Crippen molar-refractivity contribution < 1.29 is 4.79 Å². The molecule has 1 aromatic carbocycles. The summed E-state index contributed by atoms with van der Waals surface area (Å²) >= 11 is 0. The first-order chi connectivity index (χ1) is 14.2. The molecule has 0 radical (unpaired) electrons. The number of benzene rings is 1. The Hall–Kier alpha value is -3.27. The molecule has 0 spiro atoms. The van der Waals surface area contributed by atoms with Crippen LogP contribution in [0, 0.1) is 29.1 Å². The summed E-state index contributed by atoms with van der Waals surface area (Å²) in [6.07, 6.45) is 5.86. The number of amides is 1. The lowest BCUT2D eigenvalue weighted by molar-refractivity contribution is -0.137. The van der Waals surface area contributed by atoms with Gasteiger partial charge in [0, 0.05) is 37.7 Å². The summed E-state index contributed by atoms with van der Waals surface area (Å²) in [4.78, 5) is 23.7. The van der Waals surface area contributed by atoms with Crippen LogP contribution in [0.1, 0.15) is 36.6 Å². The van der Waals surface area contributed by atoms with E-state index in [9.17, 15) is 4.79 Å². The molecule has 4 atom stereocenters. The second kappa shape index (κ2) is 7.28. The van der Waals surface area contributed by atoms with Crippen molar-refractivity contribution in [3.63, 3.8) is 0 Å². The summed E-state index contributed by atoms with van der Waals surface area (Å²) in [5.41, 5.74) is 1.53. The molecule has 1 aromatic heterocycles. The molecule has 3 aliphatic rings. The average molecular weight is 386 g/mol. The number of aromatic nitrogens is 2. The van der Waals surface area contributed by atoms with E-state index in [1.807, 2.05) is 24.4 Å². The second-order valence-electron chi connectivity index (χ2n) is 8.11. The molecule has 0 N–H and O–H groups in total. The highest BCUT2D eigenvalue weighted by atomic mass is 16.2. The van der Waals surface area contributed by atoms with Crippen molar-refractivity contribution in [2.75, 3.05) is 18.0 Å². The van der Waals surface area contributed by atoms with Gasteiger partial charge in [-0.25, -0.2) is 15.0 Å². The number of carbonyl (C=O) groups excluding carboxylic acids is 1. The smallest absolute Gasteiger partial charge is 0.246 e. The van der Waals surface area contributed by atoms with Crippen LogP contribution < -0.4 is 4.90 Å². The molecule has 1 saturated carbocycles. The molecule has 1 saturated heterocycles. The number of fused-ring (bicyclic) bond motifs is 1. The van der Waals surface area contributed by atoms with Crippen LogP contribution in [0.5, 0.6) is 0 Å². The Morgan fingerprint density at radius 3 is 2.59 bits per heavy atom. The maximum atomic E-state index is 13.2. The zero-order chi connectivity index (χ0) is 19.8. The van der Waals surface area contributed by atoms with Gasteiger partial charge in [-0.2, -0.15) is 10.4 Å². The van der Waals surface area contributed by atoms with E-state index < -0.39 is 0 Å². The number of hydrazone groups is 1. The van der Waals surface area contributed by atoms with Gasteiger partial charge in [-0.15, -0.1) is 0 Å². The summed E-state index contributed by atoms with van der Waals surface area (Å²) in [5, 5.41) is 15.2. The van der Waals surface area contributed by atoms with Crippen LogP contribution in [0.25, 0.3) is 0 Å². The number of nitriles is 1. The fourth-order valence-electron chi connectivity index (χ4n) is 5.04. The van der Waals surface area contributed by atoms with Gasteiger partial charge < -0.3 is 4.90 Å². The monoisotopic (exact) mass is 386 g/mol. The minimum atomic E-state index is 0.0195. The number of anilines is 1. The van der Waals surface area contributed by atoms with Gasteiger partial charge in [0.05, 0.1) is 6.04 Å². The maximum absolute atomic E-state index is 13.2. The lowest BCUT2D eigenvalue weighted by Gasteiger charge is -2.26. The maximum Gasteiger partial charge on any atom is 0.246 e. The molecule has 146 valence electrons. The van der Waals surface area contributed by atoms with Crippen molar-refractivity contribution in [2.24, 2.45) is 22.9 Å². The normalized spacial score (nSPS) is 27.8. The summed E-state index contributed by atoms with van der Waals surface area (Å²) in [6.45, 7) is 1.75. The molecule has 2 aromatic rings. The van der Waals surface area contributed by atoms with Gasteiger partial charge in [-0.1, -0.05) is 30.3 Å². The minimum Gasteiger partial charge on any atom is -0.356 e. The quantitative estimate of drug-likeness (QED) is 0.810. The zero-order valence-corrected chi connectivity index (χ0v) is 16.1. The number of rotatable bonds is 3. The molecule has 7 nitrogen and oxygen atoms in total. The van der Waals surface area contributed by atoms with Crippen molar-refractivity contribution in [2.45, 2.75) is 25.3 Å². The highest BCUT2D eigenvalue weighted by Gasteiger charge is 2.46. The molecule has 0 unspecified atom stereocenters. The summed E-state index contributed by atoms with van der Waals surface area (Å²) in [5.74, 6) is 1.95. The summed E-state index contributed by atoms with van der Waals surface area (Å²) in [7, 11) is 0. The molecule has 0 bridgehead atoms. The molecule has 29 heavy (non-hydrogen) atoms. The topological polar surface area (TPSA) is 85.5 Å². The van der Waals surface area contributed by atoms with Gasteiger partial charge in [-0.3, -0.25) is 4.79 Å². The van der Waals surface area contributed by atoms with Gasteiger partial charge in [0.2, 0.25) is 5.91 Å². The molecule has 2 fully saturated rings. The molecule has 3 heterocycles. The van der Waals surface area contributed by atoms with Crippen molar-refractivity contribution in [3.05, 3.63) is 54.0 Å². The Bertz CT molecular complexity index is 970. The van der Waals surface area contributed by atoms with Crippen molar-refractivity contribution in [3.8, 4) is 6.07 Å². The van der Waals surface area contributed by atoms with E-state index in [1.165, 1.54) is 6.33 Å². The van der Waals surface area contributed by atoms with E-state index in [0.717, 1.165) is 43.7 Å². The Balaban J connectivity index is 1.25. The van der Waals surface area contributed by atoms with E-state index in [-0.39, 0.29) is 17.9 Å². The van der Waals surface area contributed by atoms with E-state index in [0.29, 0.717) is 17.5 Å². The lowest BCUT2D eigenvalue weighted by atomic mass is 10.0. The Labute approximate surface area is 169 Å². The first-order valence-corrected chi connectivity index (χ1v) is 10.1. The molecule has 7 heteroatoms. The van der Waals surface area contributed by atoms with Gasteiger partial charge in [0.25, 0.3) is 0 Å². The van der Waals surface area contributed by atoms with Crippen LogP contribution in [0.4, 0.5) is 5.82 Å². The van der Waals surface area contributed by atoms with Crippen LogP contribution in [0.15, 0.2) is 47.8 Å². The van der Waals surface area contributed by atoms with Crippen molar-refractivity contribution in [1.29, 1.82) is 5.26 Å². The Kier molecular flexibility index (Phi) is 4.47. The second-order valence-corrected chi connectivity index (χ2v) is 8.11. The fourth-order valence-corrected chi connectivity index (χ4v) is 5.04. The number of hydrogen-bond acceptors (Lipinski definition) is 6. The SMILES string of the molecule is N#Cc1cc(N2C[C@H]3C[C@@H](C(=O)N4N=CC[C@@H]4c4ccccc4)C[C@H]3C2)ncn1. The summed E-state index contributed by atoms with van der Waals surface area (Å²) in [6, 6.07) is 14.0. The molecule has 5 rings (SSSR count). The van der Waals surface area contributed by atoms with Crippen molar-refractivity contribution >= 4 is 17.9 Å². The van der Waals surface area contributed by atoms with Crippen LogP contribution in [0.2, 0.25) is 0 Å². The van der Waals surface area contributed by atoms with E-state index in [4.69, 9.17) is 5.26 Å². The van der Waals surface area contributed by atoms with Crippen LogP contribution in [-0.2, 0) is 4.79 Å². The third-order valence-electron chi connectivity index (χ3n) is 6.43. The Morgan fingerprint density at radius 1 is 1.10 bits per heavy atom. The van der Waals surface area contributed by atoms with Crippen LogP contribution >= 0.6 is 0 Å². The average Bonchev–Trinajstić information content (AvgIpc) is 3.48. The number of nitrogens with zero attached hydrogens (tertiary/aromatic N) is 6. The highest BCUT2D eigenvalue weighted by molar-refractivity contribution is 5.82. The largest absolute Gasteiger partial charge is 0.356 e. The lowest BCUT2D eigenvalue weighted by Crippen LogP contribution is -2.33. The van der Waals surface area contributed by atoms with Crippen LogP contribution in [0.3, 0.4) is 0 Å². The molecular formula is C22H22N6O. The van der Waals surface area contributed by atoms with E-state index >= 15 is 0 Å². The Morgan fingerprint density at radius 2 is 1.86 bits per heavy atom. The predicted molar refractivity (Wildman–Crippen MR) is 108 cm³/mol. The molecule has 2 aliphatic heterocycles. The first-order valence-electron chi connectivity index (χ1n) is 10.1. The minimum absolute atomic E-state index is 0.0195. The third-order valence-corrected chi connectivity index (χ3v) is 6.43. The summed E-state index contributed by atoms with van der Waals surface area (Å²) < 4.78 is 0. The predicted octanol–water partition coefficient (Wildman–Crippen LogP) is 2.77. The molecule has 1 amide bonds. The van der Waals surface area contributed by atoms with Gasteiger partial charge >= 0.3 is 0 Å². The van der Waals surface area contributed by atoms with Gasteiger partial charge in [0.15, 0.2) is 0 Å². The fraction of sp³-hybridized carbons (Fsp3) is 0.409. The van der Waals surface area contributed by atoms with Gasteiger partial charge in [-0.05, 0) is 30.2 Å². The number of carbonyl (C=O) groups is 1. The molecule has 1 aliphatic carbocycles. The molecular weight excluding hydrogens is 364 g/mol. The van der Waals surface area contributed by atoms with Gasteiger partial charge in [0.1, 0.15) is 23.9 Å². The number of hydrogen-bond donors (Lipinski definition) is 0. The third kappa shape index (κ3) is 3.25. The highest BCUT2D eigenvalue weighted by Crippen LogP contribution is 2.44. The standard InChI is InChI=1S/C22H22N6O/c23-11-19-10-21(25-14-24-19)27-12-17-8-16(9-18(17)13-27)22(29)28-20(6-7-26-28)15-4-2-1-3-5-15/h1-5,7,10,14,16-18,20H,6,8-9,12-13H2/t16-,17-,18+,20-/m1/s1. The first kappa shape index (κ1) is 17.8. The zero-order valence-electron chi connectivity index (χ0n) is 16.1. The van der Waals surface area contributed by atoms with E-state index in [2.05, 4.69) is 38.2 Å². The van der Waals surface area contributed by atoms with Crippen LogP contribution in [-0.4, -0.2) is 40.2 Å². The van der Waals surface area contributed by atoms with E-state index in [1.54, 1.807) is 11.1 Å².